The van der Waals surface area contributed by atoms with E-state index in [0.29, 0.717) is 18.4 Å². The highest BCUT2D eigenvalue weighted by Crippen LogP contribution is 2.45. The van der Waals surface area contributed by atoms with Crippen LogP contribution in [0, 0.1) is 11.8 Å². The van der Waals surface area contributed by atoms with Gasteiger partial charge in [-0.15, -0.1) is 0 Å². The minimum absolute atomic E-state index is 0.00394. The summed E-state index contributed by atoms with van der Waals surface area (Å²) < 4.78 is 0. The van der Waals surface area contributed by atoms with Gasteiger partial charge in [0.15, 0.2) is 0 Å². The van der Waals surface area contributed by atoms with E-state index in [1.54, 1.807) is 4.90 Å². The zero-order valence-corrected chi connectivity index (χ0v) is 17.6. The molecule has 0 saturated carbocycles. The third-order valence-corrected chi connectivity index (χ3v) is 8.20. The molecule has 4 atom stereocenters. The minimum atomic E-state index is 0.00394. The van der Waals surface area contributed by atoms with Crippen molar-refractivity contribution < 1.29 is 9.59 Å². The molecule has 5 nitrogen and oxygen atoms in total. The zero-order chi connectivity index (χ0) is 20.2. The smallest absolute Gasteiger partial charge is 0.254 e. The molecule has 1 aromatic carbocycles. The van der Waals surface area contributed by atoms with Gasteiger partial charge in [0, 0.05) is 31.2 Å². The number of fused-ring (bicyclic) bond motifs is 7. The third kappa shape index (κ3) is 2.93. The van der Waals surface area contributed by atoms with Gasteiger partial charge in [-0.1, -0.05) is 36.3 Å². The van der Waals surface area contributed by atoms with Gasteiger partial charge in [0.05, 0.1) is 6.04 Å². The van der Waals surface area contributed by atoms with Crippen molar-refractivity contribution >= 4 is 11.8 Å². The van der Waals surface area contributed by atoms with Crippen molar-refractivity contribution in [2.45, 2.75) is 57.2 Å². The van der Waals surface area contributed by atoms with Crippen LogP contribution < -0.4 is 0 Å². The second kappa shape index (κ2) is 7.23. The SMILES string of the molecule is O=C1c2ccccc2CN1CC(=O)N1CCCC2=C[C@@H]3C[C@@H](CN4CCCC[C@@H]34)[C@H]21. The van der Waals surface area contributed by atoms with E-state index in [0.717, 1.165) is 43.1 Å². The number of likely N-dealkylation sites (tertiary alicyclic amines) is 1. The molecule has 0 spiro atoms. The predicted molar refractivity (Wildman–Crippen MR) is 115 cm³/mol. The number of carbonyl (C=O) groups excluding carboxylic acids is 2. The first-order valence-corrected chi connectivity index (χ1v) is 11.8. The molecule has 0 unspecified atom stereocenters. The van der Waals surface area contributed by atoms with Crippen molar-refractivity contribution in [3.63, 3.8) is 0 Å². The van der Waals surface area contributed by atoms with E-state index in [2.05, 4.69) is 15.9 Å². The van der Waals surface area contributed by atoms with Crippen LogP contribution in [0.15, 0.2) is 35.9 Å². The van der Waals surface area contributed by atoms with Gasteiger partial charge in [-0.05, 0) is 62.1 Å². The average molecular weight is 406 g/mol. The Morgan fingerprint density at radius 2 is 2.00 bits per heavy atom. The van der Waals surface area contributed by atoms with E-state index in [4.69, 9.17) is 0 Å². The maximum atomic E-state index is 13.4. The molecule has 1 aliphatic carbocycles. The topological polar surface area (TPSA) is 43.9 Å². The fourth-order valence-electron chi connectivity index (χ4n) is 6.95. The molecule has 5 heteroatoms. The van der Waals surface area contributed by atoms with Crippen LogP contribution >= 0.6 is 0 Å². The third-order valence-electron chi connectivity index (χ3n) is 8.20. The summed E-state index contributed by atoms with van der Waals surface area (Å²) in [6.45, 7) is 3.96. The van der Waals surface area contributed by atoms with Crippen LogP contribution in [0.25, 0.3) is 0 Å². The summed E-state index contributed by atoms with van der Waals surface area (Å²) >= 11 is 0. The summed E-state index contributed by atoms with van der Waals surface area (Å²) in [4.78, 5) is 32.8. The van der Waals surface area contributed by atoms with Crippen molar-refractivity contribution in [2.75, 3.05) is 26.2 Å². The molecule has 3 fully saturated rings. The Kier molecular flexibility index (Phi) is 4.48. The lowest BCUT2D eigenvalue weighted by atomic mass is 9.68. The monoisotopic (exact) mass is 405 g/mol. The summed E-state index contributed by atoms with van der Waals surface area (Å²) in [6.07, 6.45) is 10.0. The van der Waals surface area contributed by atoms with E-state index in [1.807, 2.05) is 24.3 Å². The van der Waals surface area contributed by atoms with Crippen molar-refractivity contribution in [2.24, 2.45) is 11.8 Å². The molecule has 2 amide bonds. The van der Waals surface area contributed by atoms with E-state index >= 15 is 0 Å². The van der Waals surface area contributed by atoms with Gasteiger partial charge in [0.25, 0.3) is 5.91 Å². The Hall–Kier alpha value is -2.14. The fourth-order valence-corrected chi connectivity index (χ4v) is 6.95. The fraction of sp³-hybridized carbons (Fsp3) is 0.600. The quantitative estimate of drug-likeness (QED) is 0.711. The van der Waals surface area contributed by atoms with E-state index in [9.17, 15) is 9.59 Å². The first-order chi connectivity index (χ1) is 14.7. The Morgan fingerprint density at radius 1 is 1.10 bits per heavy atom. The summed E-state index contributed by atoms with van der Waals surface area (Å²) in [7, 11) is 0. The molecule has 158 valence electrons. The summed E-state index contributed by atoms with van der Waals surface area (Å²) in [5, 5.41) is 0. The van der Waals surface area contributed by atoms with Gasteiger partial charge >= 0.3 is 0 Å². The van der Waals surface area contributed by atoms with Crippen LogP contribution in [-0.2, 0) is 11.3 Å². The lowest BCUT2D eigenvalue weighted by Gasteiger charge is -2.54. The summed E-state index contributed by atoms with van der Waals surface area (Å²) in [5.74, 6) is 1.37. The summed E-state index contributed by atoms with van der Waals surface area (Å²) in [5.41, 5.74) is 3.31. The highest BCUT2D eigenvalue weighted by molar-refractivity contribution is 6.00. The lowest BCUT2D eigenvalue weighted by molar-refractivity contribution is -0.137. The molecule has 4 heterocycles. The molecule has 30 heavy (non-hydrogen) atoms. The van der Waals surface area contributed by atoms with Crippen LogP contribution in [0.5, 0.6) is 0 Å². The Labute approximate surface area is 178 Å². The van der Waals surface area contributed by atoms with Gasteiger partial charge in [0.1, 0.15) is 6.54 Å². The number of hydrogen-bond acceptors (Lipinski definition) is 3. The molecular weight excluding hydrogens is 374 g/mol. The number of carbonyl (C=O) groups is 2. The molecular formula is C25H31N3O2. The van der Waals surface area contributed by atoms with E-state index in [-0.39, 0.29) is 24.4 Å². The largest absolute Gasteiger partial charge is 0.334 e. The van der Waals surface area contributed by atoms with Crippen molar-refractivity contribution in [1.82, 2.24) is 14.7 Å². The number of hydrogen-bond donors (Lipinski definition) is 0. The second-order valence-electron chi connectivity index (χ2n) is 9.91. The van der Waals surface area contributed by atoms with Crippen molar-refractivity contribution in [1.29, 1.82) is 0 Å². The molecule has 5 aliphatic rings. The maximum absolute atomic E-state index is 13.4. The molecule has 0 aromatic heterocycles. The molecule has 4 aliphatic heterocycles. The van der Waals surface area contributed by atoms with Crippen LogP contribution in [0.2, 0.25) is 0 Å². The number of nitrogens with zero attached hydrogens (tertiary/aromatic N) is 3. The molecule has 2 bridgehead atoms. The lowest BCUT2D eigenvalue weighted by Crippen LogP contribution is -2.60. The molecule has 1 aromatic rings. The van der Waals surface area contributed by atoms with Crippen LogP contribution in [0.4, 0.5) is 0 Å². The van der Waals surface area contributed by atoms with Gasteiger partial charge < -0.3 is 9.80 Å². The van der Waals surface area contributed by atoms with E-state index in [1.165, 1.54) is 37.8 Å². The zero-order valence-electron chi connectivity index (χ0n) is 17.6. The van der Waals surface area contributed by atoms with E-state index < -0.39 is 0 Å². The maximum Gasteiger partial charge on any atom is 0.254 e. The van der Waals surface area contributed by atoms with Crippen LogP contribution in [0.3, 0.4) is 0 Å². The standard InChI is InChI=1S/C25H31N3O2/c29-23(16-27-14-18-6-1-2-8-21(18)25(27)30)28-11-5-7-17-12-19-13-20(24(17)28)15-26-10-4-3-9-22(19)26/h1-2,6,8,12,19-20,22,24H,3-5,7,9-11,13-16H2/t19-,20+,22+,24+/m1/s1. The minimum Gasteiger partial charge on any atom is -0.334 e. The first-order valence-electron chi connectivity index (χ1n) is 11.8. The number of piperidine rings is 3. The van der Waals surface area contributed by atoms with Crippen molar-refractivity contribution in [3.8, 4) is 0 Å². The Morgan fingerprint density at radius 3 is 2.90 bits per heavy atom. The highest BCUT2D eigenvalue weighted by atomic mass is 16.2. The number of rotatable bonds is 2. The Bertz CT molecular complexity index is 909. The van der Waals surface area contributed by atoms with Gasteiger partial charge in [-0.25, -0.2) is 0 Å². The average Bonchev–Trinajstić information content (AvgIpc) is 3.09. The molecule has 3 saturated heterocycles. The number of amides is 2. The van der Waals surface area contributed by atoms with Gasteiger partial charge in [-0.2, -0.15) is 0 Å². The normalized spacial score (nSPS) is 32.9. The Balaban J connectivity index is 1.22. The van der Waals surface area contributed by atoms with Gasteiger partial charge in [0.2, 0.25) is 5.91 Å². The number of benzene rings is 1. The first kappa shape index (κ1) is 18.6. The predicted octanol–water partition coefficient (Wildman–Crippen LogP) is 3.06. The summed E-state index contributed by atoms with van der Waals surface area (Å²) in [6, 6.07) is 8.73. The molecule has 0 radical (unpaired) electrons. The molecule has 0 N–H and O–H groups in total. The van der Waals surface area contributed by atoms with Crippen molar-refractivity contribution in [3.05, 3.63) is 47.0 Å². The van der Waals surface area contributed by atoms with Crippen LogP contribution in [-0.4, -0.2) is 64.8 Å². The second-order valence-corrected chi connectivity index (χ2v) is 9.91. The molecule has 6 rings (SSSR count). The highest BCUT2D eigenvalue weighted by Gasteiger charge is 2.47. The van der Waals surface area contributed by atoms with Crippen LogP contribution in [0.1, 0.15) is 54.4 Å². The van der Waals surface area contributed by atoms with Gasteiger partial charge in [-0.3, -0.25) is 14.5 Å².